The standard InChI is InChI=1S/C25H29N7O/c1-14(2)21-17-10-15(24-32-30-20(33-24)12-26-13-25(3,4)5)6-7-19(17)29-22(21)16-8-9-27-23-18(16)11-28-31-23/h6-11,14,26,29H,12-13H2,1-5H3,(H,27,28,31). The van der Waals surface area contributed by atoms with Gasteiger partial charge in [-0.3, -0.25) is 5.10 Å². The molecule has 3 N–H and O–H groups in total. The van der Waals surface area contributed by atoms with Crippen LogP contribution in [0, 0.1) is 5.41 Å². The fraction of sp³-hybridized carbons (Fsp3) is 0.360. The maximum Gasteiger partial charge on any atom is 0.247 e. The molecule has 0 aliphatic carbocycles. The number of benzene rings is 1. The van der Waals surface area contributed by atoms with Crippen molar-refractivity contribution in [2.75, 3.05) is 6.54 Å². The normalized spacial score (nSPS) is 12.4. The zero-order valence-corrected chi connectivity index (χ0v) is 19.7. The molecule has 0 spiro atoms. The summed E-state index contributed by atoms with van der Waals surface area (Å²) in [4.78, 5) is 8.01. The lowest BCUT2D eigenvalue weighted by Gasteiger charge is -2.17. The van der Waals surface area contributed by atoms with Gasteiger partial charge in [0, 0.05) is 40.2 Å². The summed E-state index contributed by atoms with van der Waals surface area (Å²) in [5.41, 5.74) is 6.37. The van der Waals surface area contributed by atoms with Crippen molar-refractivity contribution in [3.8, 4) is 22.7 Å². The molecular weight excluding hydrogens is 414 g/mol. The first-order chi connectivity index (χ1) is 15.8. The lowest BCUT2D eigenvalue weighted by Crippen LogP contribution is -2.26. The van der Waals surface area contributed by atoms with Gasteiger partial charge in [-0.2, -0.15) is 5.10 Å². The van der Waals surface area contributed by atoms with Gasteiger partial charge in [-0.25, -0.2) is 4.98 Å². The molecule has 8 nitrogen and oxygen atoms in total. The maximum absolute atomic E-state index is 5.96. The molecule has 0 amide bonds. The van der Waals surface area contributed by atoms with Gasteiger partial charge >= 0.3 is 0 Å². The van der Waals surface area contributed by atoms with Crippen LogP contribution in [0.2, 0.25) is 0 Å². The van der Waals surface area contributed by atoms with Crippen LogP contribution in [0.15, 0.2) is 41.1 Å². The third-order valence-electron chi connectivity index (χ3n) is 5.69. The first-order valence-electron chi connectivity index (χ1n) is 11.3. The summed E-state index contributed by atoms with van der Waals surface area (Å²) in [6.07, 6.45) is 3.64. The Labute approximate surface area is 192 Å². The van der Waals surface area contributed by atoms with Crippen LogP contribution >= 0.6 is 0 Å². The third-order valence-corrected chi connectivity index (χ3v) is 5.69. The van der Waals surface area contributed by atoms with E-state index >= 15 is 0 Å². The van der Waals surface area contributed by atoms with Crippen molar-refractivity contribution in [2.24, 2.45) is 5.41 Å². The largest absolute Gasteiger partial charge is 0.419 e. The molecule has 0 atom stereocenters. The zero-order chi connectivity index (χ0) is 23.2. The highest BCUT2D eigenvalue weighted by atomic mass is 16.4. The Balaban J connectivity index is 1.52. The summed E-state index contributed by atoms with van der Waals surface area (Å²) in [5.74, 6) is 1.43. The number of aromatic nitrogens is 6. The number of fused-ring (bicyclic) bond motifs is 2. The van der Waals surface area contributed by atoms with Crippen molar-refractivity contribution in [3.63, 3.8) is 0 Å². The number of hydrogen-bond acceptors (Lipinski definition) is 6. The second-order valence-corrected chi connectivity index (χ2v) is 9.98. The van der Waals surface area contributed by atoms with Gasteiger partial charge in [0.05, 0.1) is 18.4 Å². The van der Waals surface area contributed by atoms with Gasteiger partial charge in [0.15, 0.2) is 5.65 Å². The average molecular weight is 444 g/mol. The fourth-order valence-electron chi connectivity index (χ4n) is 4.21. The van der Waals surface area contributed by atoms with E-state index in [0.717, 1.165) is 45.3 Å². The van der Waals surface area contributed by atoms with Gasteiger partial charge in [0.2, 0.25) is 11.8 Å². The minimum absolute atomic E-state index is 0.198. The molecule has 0 bridgehead atoms. The third kappa shape index (κ3) is 4.14. The lowest BCUT2D eigenvalue weighted by molar-refractivity contribution is 0.364. The minimum atomic E-state index is 0.198. The summed E-state index contributed by atoms with van der Waals surface area (Å²) in [6.45, 7) is 12.4. The molecule has 5 aromatic rings. The van der Waals surface area contributed by atoms with Gasteiger partial charge < -0.3 is 14.7 Å². The summed E-state index contributed by atoms with van der Waals surface area (Å²) < 4.78 is 5.96. The van der Waals surface area contributed by atoms with E-state index in [4.69, 9.17) is 4.42 Å². The molecule has 0 radical (unpaired) electrons. The van der Waals surface area contributed by atoms with Crippen LogP contribution in [0.4, 0.5) is 0 Å². The summed E-state index contributed by atoms with van der Waals surface area (Å²) >= 11 is 0. The summed E-state index contributed by atoms with van der Waals surface area (Å²) in [5, 5.41) is 21.2. The SMILES string of the molecule is CC(C)c1c(-c2ccnc3[nH]ncc23)[nH]c2ccc(-c3nnc(CNCC(C)(C)C)o3)cc12. The Kier molecular flexibility index (Phi) is 5.25. The molecule has 0 saturated heterocycles. The molecule has 0 fully saturated rings. The van der Waals surface area contributed by atoms with Crippen molar-refractivity contribution in [3.05, 3.63) is 48.1 Å². The fourth-order valence-corrected chi connectivity index (χ4v) is 4.21. The molecular formula is C25H29N7O. The van der Waals surface area contributed by atoms with E-state index in [1.54, 1.807) is 0 Å². The molecule has 8 heteroatoms. The number of H-pyrrole nitrogens is 2. The van der Waals surface area contributed by atoms with Gasteiger partial charge in [-0.1, -0.05) is 34.6 Å². The van der Waals surface area contributed by atoms with Gasteiger partial charge in [0.25, 0.3) is 0 Å². The molecule has 5 rings (SSSR count). The van der Waals surface area contributed by atoms with Crippen LogP contribution in [-0.2, 0) is 6.54 Å². The van der Waals surface area contributed by atoms with Crippen molar-refractivity contribution < 1.29 is 4.42 Å². The molecule has 4 aromatic heterocycles. The molecule has 4 heterocycles. The smallest absolute Gasteiger partial charge is 0.247 e. The van der Waals surface area contributed by atoms with Crippen LogP contribution < -0.4 is 5.32 Å². The maximum atomic E-state index is 5.96. The predicted molar refractivity (Wildman–Crippen MR) is 130 cm³/mol. The van der Waals surface area contributed by atoms with Crippen molar-refractivity contribution in [1.82, 2.24) is 35.7 Å². The second-order valence-electron chi connectivity index (χ2n) is 9.98. The molecule has 170 valence electrons. The highest BCUT2D eigenvalue weighted by Crippen LogP contribution is 2.39. The van der Waals surface area contributed by atoms with Crippen molar-refractivity contribution in [1.29, 1.82) is 0 Å². The van der Waals surface area contributed by atoms with E-state index in [1.807, 2.05) is 24.5 Å². The average Bonchev–Trinajstić information content (AvgIpc) is 3.49. The highest BCUT2D eigenvalue weighted by Gasteiger charge is 2.20. The van der Waals surface area contributed by atoms with E-state index in [-0.39, 0.29) is 5.41 Å². The van der Waals surface area contributed by atoms with E-state index in [9.17, 15) is 0 Å². The Morgan fingerprint density at radius 1 is 1.09 bits per heavy atom. The van der Waals surface area contributed by atoms with Crippen LogP contribution in [0.5, 0.6) is 0 Å². The van der Waals surface area contributed by atoms with Crippen LogP contribution in [-0.4, -0.2) is 36.9 Å². The minimum Gasteiger partial charge on any atom is -0.419 e. The molecule has 0 saturated carbocycles. The molecule has 0 unspecified atom stereocenters. The highest BCUT2D eigenvalue weighted by molar-refractivity contribution is 5.99. The summed E-state index contributed by atoms with van der Waals surface area (Å²) in [7, 11) is 0. The zero-order valence-electron chi connectivity index (χ0n) is 19.7. The topological polar surface area (TPSA) is 108 Å². The number of aromatic amines is 2. The first-order valence-corrected chi connectivity index (χ1v) is 11.3. The Bertz CT molecular complexity index is 1420. The van der Waals surface area contributed by atoms with Gasteiger partial charge in [-0.05, 0) is 41.2 Å². The van der Waals surface area contributed by atoms with Gasteiger partial charge in [0.1, 0.15) is 0 Å². The monoisotopic (exact) mass is 443 g/mol. The predicted octanol–water partition coefficient (Wildman–Crippen LogP) is 5.42. The number of nitrogens with zero attached hydrogens (tertiary/aromatic N) is 4. The van der Waals surface area contributed by atoms with E-state index in [2.05, 4.69) is 82.4 Å². The van der Waals surface area contributed by atoms with Crippen molar-refractivity contribution >= 4 is 21.9 Å². The summed E-state index contributed by atoms with van der Waals surface area (Å²) in [6, 6.07) is 8.27. The van der Waals surface area contributed by atoms with Crippen LogP contribution in [0.1, 0.15) is 52.0 Å². The Hall–Kier alpha value is -3.52. The number of pyridine rings is 1. The van der Waals surface area contributed by atoms with Crippen LogP contribution in [0.25, 0.3) is 44.6 Å². The van der Waals surface area contributed by atoms with E-state index in [1.165, 1.54) is 5.56 Å². The first kappa shape index (κ1) is 21.3. The lowest BCUT2D eigenvalue weighted by atomic mass is 9.95. The Morgan fingerprint density at radius 2 is 1.94 bits per heavy atom. The van der Waals surface area contributed by atoms with E-state index < -0.39 is 0 Å². The second kappa shape index (κ2) is 8.12. The quantitative estimate of drug-likeness (QED) is 0.324. The molecule has 0 aliphatic heterocycles. The van der Waals surface area contributed by atoms with E-state index in [0.29, 0.717) is 24.2 Å². The molecule has 33 heavy (non-hydrogen) atoms. The number of nitrogens with one attached hydrogen (secondary N) is 3. The molecule has 0 aliphatic rings. The number of rotatable bonds is 6. The van der Waals surface area contributed by atoms with Gasteiger partial charge in [-0.15, -0.1) is 10.2 Å². The van der Waals surface area contributed by atoms with Crippen molar-refractivity contribution in [2.45, 2.75) is 47.1 Å². The van der Waals surface area contributed by atoms with Crippen LogP contribution in [0.3, 0.4) is 0 Å². The molecule has 1 aromatic carbocycles. The number of hydrogen-bond donors (Lipinski definition) is 3. The Morgan fingerprint density at radius 3 is 2.73 bits per heavy atom.